The van der Waals surface area contributed by atoms with Crippen molar-refractivity contribution in [3.63, 3.8) is 0 Å². The summed E-state index contributed by atoms with van der Waals surface area (Å²) in [5.74, 6) is 0. The van der Waals surface area contributed by atoms with E-state index in [0.717, 1.165) is 26.3 Å². The lowest BCUT2D eigenvalue weighted by molar-refractivity contribution is 0.0740. The van der Waals surface area contributed by atoms with E-state index in [9.17, 15) is 0 Å². The van der Waals surface area contributed by atoms with Gasteiger partial charge in [0.2, 0.25) is 0 Å². The molecule has 1 aliphatic heterocycles. The zero-order valence-corrected chi connectivity index (χ0v) is 12.8. The van der Waals surface area contributed by atoms with Crippen molar-refractivity contribution in [1.29, 1.82) is 0 Å². The first-order valence-electron chi connectivity index (χ1n) is 8.09. The van der Waals surface area contributed by atoms with Crippen molar-refractivity contribution in [2.75, 3.05) is 59.0 Å². The number of ether oxygens (including phenoxy) is 1. The minimum Gasteiger partial charge on any atom is -0.380 e. The first-order chi connectivity index (χ1) is 9.36. The van der Waals surface area contributed by atoms with Crippen LogP contribution in [0, 0.1) is 0 Å². The number of nitrogens with two attached hydrogens (primary N) is 1. The van der Waals surface area contributed by atoms with Crippen LogP contribution in [-0.2, 0) is 4.74 Å². The van der Waals surface area contributed by atoms with Crippen LogP contribution in [-0.4, -0.2) is 68.8 Å². The van der Waals surface area contributed by atoms with Crippen molar-refractivity contribution in [1.82, 2.24) is 9.80 Å². The maximum absolute atomic E-state index is 5.63. The molecule has 0 spiro atoms. The third kappa shape index (κ3) is 8.58. The van der Waals surface area contributed by atoms with Gasteiger partial charge in [0.15, 0.2) is 0 Å². The Labute approximate surface area is 119 Å². The van der Waals surface area contributed by atoms with Crippen LogP contribution < -0.4 is 5.73 Å². The molecule has 19 heavy (non-hydrogen) atoms. The Balaban J connectivity index is 1.93. The molecule has 1 saturated heterocycles. The Morgan fingerprint density at radius 2 is 1.53 bits per heavy atom. The molecule has 2 N–H and O–H groups in total. The maximum atomic E-state index is 5.63. The lowest BCUT2D eigenvalue weighted by Gasteiger charge is -2.34. The summed E-state index contributed by atoms with van der Waals surface area (Å²) in [6.45, 7) is 12.1. The van der Waals surface area contributed by atoms with Gasteiger partial charge in [-0.2, -0.15) is 0 Å². The molecular formula is C15H33N3O. The van der Waals surface area contributed by atoms with Gasteiger partial charge in [-0.1, -0.05) is 19.8 Å². The standard InChI is InChI=1S/C15H33N3O/c1-2-3-14-19-15-13-18-11-9-17(10-12-18)8-6-4-5-7-16/h2-16H2,1H3. The van der Waals surface area contributed by atoms with Crippen LogP contribution in [0.3, 0.4) is 0 Å². The zero-order chi connectivity index (χ0) is 13.8. The van der Waals surface area contributed by atoms with Crippen LogP contribution in [0.15, 0.2) is 0 Å². The molecule has 0 bridgehead atoms. The van der Waals surface area contributed by atoms with E-state index in [0.29, 0.717) is 0 Å². The summed E-state index contributed by atoms with van der Waals surface area (Å²) < 4.78 is 5.63. The highest BCUT2D eigenvalue weighted by Crippen LogP contribution is 2.04. The molecule has 0 amide bonds. The fourth-order valence-electron chi connectivity index (χ4n) is 2.44. The summed E-state index contributed by atoms with van der Waals surface area (Å²) in [7, 11) is 0. The quantitative estimate of drug-likeness (QED) is 0.579. The molecule has 114 valence electrons. The zero-order valence-electron chi connectivity index (χ0n) is 12.8. The lowest BCUT2D eigenvalue weighted by Crippen LogP contribution is -2.47. The number of hydrogen-bond acceptors (Lipinski definition) is 4. The third-order valence-corrected chi connectivity index (χ3v) is 3.84. The molecule has 4 nitrogen and oxygen atoms in total. The number of hydrogen-bond donors (Lipinski definition) is 1. The Bertz CT molecular complexity index is 194. The van der Waals surface area contributed by atoms with Gasteiger partial charge in [0, 0.05) is 39.3 Å². The van der Waals surface area contributed by atoms with E-state index in [2.05, 4.69) is 16.7 Å². The van der Waals surface area contributed by atoms with Gasteiger partial charge in [0.25, 0.3) is 0 Å². The Kier molecular flexibility index (Phi) is 10.4. The van der Waals surface area contributed by atoms with E-state index in [1.165, 1.54) is 64.8 Å². The number of nitrogens with zero attached hydrogens (tertiary/aromatic N) is 2. The Hall–Kier alpha value is -0.160. The van der Waals surface area contributed by atoms with Gasteiger partial charge in [-0.3, -0.25) is 4.90 Å². The summed E-state index contributed by atoms with van der Waals surface area (Å²) in [5, 5.41) is 0. The van der Waals surface area contributed by atoms with Gasteiger partial charge in [-0.25, -0.2) is 0 Å². The van der Waals surface area contributed by atoms with Crippen molar-refractivity contribution in [2.45, 2.75) is 39.0 Å². The van der Waals surface area contributed by atoms with E-state index in [1.807, 2.05) is 0 Å². The van der Waals surface area contributed by atoms with Gasteiger partial charge in [0.05, 0.1) is 6.61 Å². The molecule has 1 rings (SSSR count). The van der Waals surface area contributed by atoms with E-state index < -0.39 is 0 Å². The highest BCUT2D eigenvalue weighted by atomic mass is 16.5. The summed E-state index contributed by atoms with van der Waals surface area (Å²) in [6, 6.07) is 0. The van der Waals surface area contributed by atoms with Crippen LogP contribution >= 0.6 is 0 Å². The van der Waals surface area contributed by atoms with Crippen molar-refractivity contribution in [2.24, 2.45) is 5.73 Å². The van der Waals surface area contributed by atoms with E-state index in [-0.39, 0.29) is 0 Å². The van der Waals surface area contributed by atoms with Crippen LogP contribution in [0.2, 0.25) is 0 Å². The number of unbranched alkanes of at least 4 members (excludes halogenated alkanes) is 3. The minimum absolute atomic E-state index is 0.839. The summed E-state index contributed by atoms with van der Waals surface area (Å²) >= 11 is 0. The Morgan fingerprint density at radius 3 is 2.16 bits per heavy atom. The lowest BCUT2D eigenvalue weighted by atomic mass is 10.2. The summed E-state index contributed by atoms with van der Waals surface area (Å²) in [4.78, 5) is 5.12. The van der Waals surface area contributed by atoms with E-state index in [4.69, 9.17) is 10.5 Å². The molecule has 0 atom stereocenters. The predicted molar refractivity (Wildman–Crippen MR) is 81.5 cm³/mol. The largest absolute Gasteiger partial charge is 0.380 e. The van der Waals surface area contributed by atoms with Gasteiger partial charge in [-0.05, 0) is 32.4 Å². The second-order valence-electron chi connectivity index (χ2n) is 5.50. The second kappa shape index (κ2) is 11.6. The molecule has 0 aliphatic carbocycles. The van der Waals surface area contributed by atoms with Gasteiger partial charge in [-0.15, -0.1) is 0 Å². The molecule has 0 aromatic heterocycles. The molecule has 0 aromatic rings. The van der Waals surface area contributed by atoms with Crippen molar-refractivity contribution in [3.05, 3.63) is 0 Å². The average Bonchev–Trinajstić information content (AvgIpc) is 2.45. The highest BCUT2D eigenvalue weighted by Gasteiger charge is 2.15. The normalized spacial score (nSPS) is 18.0. The van der Waals surface area contributed by atoms with Crippen molar-refractivity contribution < 1.29 is 4.74 Å². The molecule has 0 radical (unpaired) electrons. The minimum atomic E-state index is 0.839. The first kappa shape index (κ1) is 16.9. The van der Waals surface area contributed by atoms with Crippen molar-refractivity contribution in [3.8, 4) is 0 Å². The Morgan fingerprint density at radius 1 is 0.842 bits per heavy atom. The molecule has 0 aromatic carbocycles. The fourth-order valence-corrected chi connectivity index (χ4v) is 2.44. The number of piperazine rings is 1. The predicted octanol–water partition coefficient (Wildman–Crippen LogP) is 1.55. The first-order valence-corrected chi connectivity index (χ1v) is 8.09. The number of rotatable bonds is 11. The van der Waals surface area contributed by atoms with Crippen LogP contribution in [0.5, 0.6) is 0 Å². The smallest absolute Gasteiger partial charge is 0.0593 e. The third-order valence-electron chi connectivity index (χ3n) is 3.84. The second-order valence-corrected chi connectivity index (χ2v) is 5.50. The molecule has 1 aliphatic rings. The highest BCUT2D eigenvalue weighted by molar-refractivity contribution is 4.71. The molecule has 0 unspecified atom stereocenters. The van der Waals surface area contributed by atoms with Crippen LogP contribution in [0.4, 0.5) is 0 Å². The van der Waals surface area contributed by atoms with Gasteiger partial charge >= 0.3 is 0 Å². The monoisotopic (exact) mass is 271 g/mol. The molecule has 1 heterocycles. The van der Waals surface area contributed by atoms with Crippen LogP contribution in [0.1, 0.15) is 39.0 Å². The van der Waals surface area contributed by atoms with Gasteiger partial charge < -0.3 is 15.4 Å². The molecule has 4 heteroatoms. The van der Waals surface area contributed by atoms with E-state index in [1.54, 1.807) is 0 Å². The average molecular weight is 271 g/mol. The maximum Gasteiger partial charge on any atom is 0.0593 e. The SMILES string of the molecule is CCCCOCCN1CCN(CCCCCN)CC1. The van der Waals surface area contributed by atoms with Gasteiger partial charge in [0.1, 0.15) is 0 Å². The topological polar surface area (TPSA) is 41.7 Å². The summed E-state index contributed by atoms with van der Waals surface area (Å²) in [5.41, 5.74) is 5.51. The molecule has 0 saturated carbocycles. The van der Waals surface area contributed by atoms with E-state index >= 15 is 0 Å². The van der Waals surface area contributed by atoms with Crippen molar-refractivity contribution >= 4 is 0 Å². The summed E-state index contributed by atoms with van der Waals surface area (Å²) in [6.07, 6.45) is 6.17. The fraction of sp³-hybridized carbons (Fsp3) is 1.00. The van der Waals surface area contributed by atoms with Crippen LogP contribution in [0.25, 0.3) is 0 Å². The molecule has 1 fully saturated rings. The molecular weight excluding hydrogens is 238 g/mol.